The molecule has 1 saturated heterocycles. The van der Waals surface area contributed by atoms with Gasteiger partial charge in [0.1, 0.15) is 17.4 Å². The Hall–Kier alpha value is -2.55. The first-order valence-electron chi connectivity index (χ1n) is 7.51. The van der Waals surface area contributed by atoms with Crippen molar-refractivity contribution in [3.8, 4) is 11.8 Å². The second-order valence-electron chi connectivity index (χ2n) is 6.39. The number of carbonyl (C=O) groups excluding carboxylic acids is 2. The Morgan fingerprint density at radius 3 is 2.48 bits per heavy atom. The minimum absolute atomic E-state index is 0.352. The summed E-state index contributed by atoms with van der Waals surface area (Å²) in [7, 11) is 0. The minimum Gasteiger partial charge on any atom is -0.444 e. The van der Waals surface area contributed by atoms with E-state index in [0.29, 0.717) is 24.3 Å². The number of hydrogen-bond donors (Lipinski definition) is 0. The van der Waals surface area contributed by atoms with Crippen LogP contribution in [0.3, 0.4) is 0 Å². The van der Waals surface area contributed by atoms with E-state index >= 15 is 0 Å². The highest BCUT2D eigenvalue weighted by molar-refractivity contribution is 5.83. The van der Waals surface area contributed by atoms with Crippen molar-refractivity contribution in [2.45, 2.75) is 45.3 Å². The number of benzene rings is 1. The lowest BCUT2D eigenvalue weighted by atomic mass is 10.2. The summed E-state index contributed by atoms with van der Waals surface area (Å²) in [6.07, 6.45) is 0.776. The molecule has 0 unspecified atom stereocenters. The minimum atomic E-state index is -0.638. The van der Waals surface area contributed by atoms with E-state index in [0.717, 1.165) is 6.42 Å². The van der Waals surface area contributed by atoms with E-state index in [4.69, 9.17) is 14.7 Å². The summed E-state index contributed by atoms with van der Waals surface area (Å²) < 4.78 is 10.6. The molecule has 0 bridgehead atoms. The van der Waals surface area contributed by atoms with Crippen LogP contribution in [0.25, 0.3) is 0 Å². The zero-order chi connectivity index (χ0) is 17.0. The second-order valence-corrected chi connectivity index (χ2v) is 6.39. The number of nitrogens with zero attached hydrogens (tertiary/aromatic N) is 2. The smallest absolute Gasteiger partial charge is 0.411 e. The molecule has 0 N–H and O–H groups in total. The van der Waals surface area contributed by atoms with Crippen LogP contribution in [0.2, 0.25) is 0 Å². The molecule has 1 aliphatic heterocycles. The molecular formula is C17H20N2O4. The number of nitriles is 1. The average Bonchev–Trinajstić information content (AvgIpc) is 2.96. The van der Waals surface area contributed by atoms with Gasteiger partial charge in [-0.2, -0.15) is 5.26 Å². The summed E-state index contributed by atoms with van der Waals surface area (Å²) in [4.78, 5) is 25.9. The van der Waals surface area contributed by atoms with Crippen LogP contribution in [-0.4, -0.2) is 35.2 Å². The molecule has 6 heteroatoms. The molecule has 1 heterocycles. The molecule has 2 rings (SSSR count). The number of ether oxygens (including phenoxy) is 2. The van der Waals surface area contributed by atoms with Gasteiger partial charge in [0.2, 0.25) is 0 Å². The lowest BCUT2D eigenvalue weighted by Gasteiger charge is -2.27. The van der Waals surface area contributed by atoms with E-state index in [1.54, 1.807) is 45.0 Å². The van der Waals surface area contributed by atoms with Crippen LogP contribution >= 0.6 is 0 Å². The summed E-state index contributed by atoms with van der Waals surface area (Å²) in [6, 6.07) is 7.62. The van der Waals surface area contributed by atoms with E-state index in [-0.39, 0.29) is 0 Å². The number of hydrogen-bond acceptors (Lipinski definition) is 5. The number of rotatable bonds is 2. The van der Waals surface area contributed by atoms with Crippen LogP contribution < -0.4 is 4.74 Å². The molecule has 0 saturated carbocycles. The summed E-state index contributed by atoms with van der Waals surface area (Å²) >= 11 is 0. The largest absolute Gasteiger partial charge is 0.444 e. The predicted octanol–water partition coefficient (Wildman–Crippen LogP) is 2.86. The molecule has 0 spiro atoms. The number of carbonyl (C=O) groups is 2. The highest BCUT2D eigenvalue weighted by Crippen LogP contribution is 2.23. The van der Waals surface area contributed by atoms with Crippen molar-refractivity contribution in [2.24, 2.45) is 0 Å². The molecule has 1 fully saturated rings. The molecule has 6 nitrogen and oxygen atoms in total. The fourth-order valence-corrected chi connectivity index (χ4v) is 2.33. The Morgan fingerprint density at radius 2 is 1.91 bits per heavy atom. The van der Waals surface area contributed by atoms with Gasteiger partial charge in [0.15, 0.2) is 0 Å². The topological polar surface area (TPSA) is 79.6 Å². The fraction of sp³-hybridized carbons (Fsp3) is 0.471. The SMILES string of the molecule is CC(C)(C)OC(=O)N1CCC[C@H]1C(=O)Oc1ccc(C#N)cc1. The Balaban J connectivity index is 2.02. The standard InChI is InChI=1S/C17H20N2O4/c1-17(2,3)23-16(21)19-10-4-5-14(19)15(20)22-13-8-6-12(11-18)7-9-13/h6-9,14H,4-5,10H2,1-3H3/t14-/m0/s1. The lowest BCUT2D eigenvalue weighted by Crippen LogP contribution is -2.44. The van der Waals surface area contributed by atoms with Crippen molar-refractivity contribution < 1.29 is 19.1 Å². The molecule has 122 valence electrons. The summed E-state index contributed by atoms with van der Waals surface area (Å²) in [6.45, 7) is 5.82. The molecule has 1 atom stereocenters. The molecule has 1 aromatic carbocycles. The van der Waals surface area contributed by atoms with E-state index in [2.05, 4.69) is 0 Å². The molecule has 0 radical (unpaired) electrons. The number of esters is 1. The van der Waals surface area contributed by atoms with Crippen LogP contribution in [0.15, 0.2) is 24.3 Å². The Labute approximate surface area is 135 Å². The van der Waals surface area contributed by atoms with Gasteiger partial charge in [-0.15, -0.1) is 0 Å². The maximum absolute atomic E-state index is 12.3. The highest BCUT2D eigenvalue weighted by atomic mass is 16.6. The Morgan fingerprint density at radius 1 is 1.26 bits per heavy atom. The van der Waals surface area contributed by atoms with E-state index in [9.17, 15) is 9.59 Å². The zero-order valence-electron chi connectivity index (χ0n) is 13.5. The quantitative estimate of drug-likeness (QED) is 0.619. The normalized spacial score (nSPS) is 17.5. The first kappa shape index (κ1) is 16.8. The maximum atomic E-state index is 12.3. The maximum Gasteiger partial charge on any atom is 0.411 e. The molecular weight excluding hydrogens is 296 g/mol. The van der Waals surface area contributed by atoms with E-state index < -0.39 is 23.7 Å². The summed E-state index contributed by atoms with van der Waals surface area (Å²) in [5.41, 5.74) is -0.123. The first-order valence-corrected chi connectivity index (χ1v) is 7.51. The summed E-state index contributed by atoms with van der Waals surface area (Å²) in [5, 5.41) is 8.76. The van der Waals surface area contributed by atoms with Gasteiger partial charge in [0.25, 0.3) is 0 Å². The predicted molar refractivity (Wildman–Crippen MR) is 82.8 cm³/mol. The van der Waals surface area contributed by atoms with E-state index in [1.165, 1.54) is 4.90 Å². The van der Waals surface area contributed by atoms with Gasteiger partial charge in [-0.05, 0) is 57.9 Å². The molecule has 1 amide bonds. The molecule has 0 aliphatic carbocycles. The van der Waals surface area contributed by atoms with Crippen LogP contribution in [0.5, 0.6) is 5.75 Å². The van der Waals surface area contributed by atoms with Gasteiger partial charge in [0, 0.05) is 6.54 Å². The molecule has 1 aromatic rings. The third kappa shape index (κ3) is 4.46. The van der Waals surface area contributed by atoms with Crippen molar-refractivity contribution in [1.82, 2.24) is 4.90 Å². The van der Waals surface area contributed by atoms with Crippen molar-refractivity contribution >= 4 is 12.1 Å². The monoisotopic (exact) mass is 316 g/mol. The molecule has 0 aromatic heterocycles. The zero-order valence-corrected chi connectivity index (χ0v) is 13.5. The van der Waals surface area contributed by atoms with E-state index in [1.807, 2.05) is 6.07 Å². The molecule has 23 heavy (non-hydrogen) atoms. The van der Waals surface area contributed by atoms with Gasteiger partial charge in [-0.3, -0.25) is 4.90 Å². The lowest BCUT2D eigenvalue weighted by molar-refractivity contribution is -0.139. The van der Waals surface area contributed by atoms with Crippen molar-refractivity contribution in [2.75, 3.05) is 6.54 Å². The van der Waals surface area contributed by atoms with Crippen LogP contribution in [0.4, 0.5) is 4.79 Å². The average molecular weight is 316 g/mol. The number of amides is 1. The number of likely N-dealkylation sites (tertiary alicyclic amines) is 1. The van der Waals surface area contributed by atoms with Gasteiger partial charge in [0.05, 0.1) is 11.6 Å². The third-order valence-corrected chi connectivity index (χ3v) is 3.35. The van der Waals surface area contributed by atoms with Crippen LogP contribution in [0.1, 0.15) is 39.2 Å². The first-order chi connectivity index (χ1) is 10.8. The Bertz CT molecular complexity index is 625. The fourth-order valence-electron chi connectivity index (χ4n) is 2.33. The highest BCUT2D eigenvalue weighted by Gasteiger charge is 2.37. The van der Waals surface area contributed by atoms with Gasteiger partial charge in [-0.1, -0.05) is 0 Å². The van der Waals surface area contributed by atoms with Gasteiger partial charge in [-0.25, -0.2) is 9.59 Å². The van der Waals surface area contributed by atoms with Gasteiger partial charge < -0.3 is 9.47 Å². The molecule has 1 aliphatic rings. The van der Waals surface area contributed by atoms with Crippen molar-refractivity contribution in [3.63, 3.8) is 0 Å². The second kappa shape index (κ2) is 6.69. The van der Waals surface area contributed by atoms with Crippen LogP contribution in [0, 0.1) is 11.3 Å². The summed E-state index contributed by atoms with van der Waals surface area (Å²) in [5.74, 6) is -0.136. The van der Waals surface area contributed by atoms with Gasteiger partial charge >= 0.3 is 12.1 Å². The van der Waals surface area contributed by atoms with Crippen molar-refractivity contribution in [1.29, 1.82) is 5.26 Å². The third-order valence-electron chi connectivity index (χ3n) is 3.35. The Kier molecular flexibility index (Phi) is 4.89. The van der Waals surface area contributed by atoms with Crippen molar-refractivity contribution in [3.05, 3.63) is 29.8 Å². The van der Waals surface area contributed by atoms with Crippen LogP contribution in [-0.2, 0) is 9.53 Å².